The summed E-state index contributed by atoms with van der Waals surface area (Å²) in [7, 11) is 1.94. The summed E-state index contributed by atoms with van der Waals surface area (Å²) < 4.78 is 1.84. The number of likely N-dealkylation sites (tertiary alicyclic amines) is 1. The van der Waals surface area contributed by atoms with Crippen molar-refractivity contribution in [1.82, 2.24) is 14.7 Å². The average molecular weight is 266 g/mol. The molecule has 1 aromatic rings. The van der Waals surface area contributed by atoms with Crippen molar-refractivity contribution in [2.45, 2.75) is 38.3 Å². The molecule has 2 rings (SSSR count). The molecule has 19 heavy (non-hydrogen) atoms. The molecule has 5 heteroatoms. The van der Waals surface area contributed by atoms with Gasteiger partial charge < -0.3 is 10.8 Å². The van der Waals surface area contributed by atoms with Crippen LogP contribution >= 0.6 is 0 Å². The monoisotopic (exact) mass is 266 g/mol. The highest BCUT2D eigenvalue weighted by atomic mass is 16.3. The Morgan fingerprint density at radius 1 is 1.58 bits per heavy atom. The van der Waals surface area contributed by atoms with E-state index in [2.05, 4.69) is 23.1 Å². The van der Waals surface area contributed by atoms with Crippen molar-refractivity contribution in [3.8, 4) is 0 Å². The first kappa shape index (κ1) is 14.5. The van der Waals surface area contributed by atoms with Gasteiger partial charge >= 0.3 is 0 Å². The van der Waals surface area contributed by atoms with E-state index in [9.17, 15) is 0 Å². The Hall–Kier alpha value is -0.910. The molecule has 1 fully saturated rings. The normalized spacial score (nSPS) is 23.7. The summed E-state index contributed by atoms with van der Waals surface area (Å²) in [5.74, 6) is 0.605. The van der Waals surface area contributed by atoms with Crippen molar-refractivity contribution < 1.29 is 5.11 Å². The minimum absolute atomic E-state index is 0.136. The molecule has 3 atom stereocenters. The minimum Gasteiger partial charge on any atom is -0.396 e. The first-order chi connectivity index (χ1) is 9.15. The lowest BCUT2D eigenvalue weighted by Gasteiger charge is -2.31. The molecule has 3 unspecified atom stereocenters. The van der Waals surface area contributed by atoms with Gasteiger partial charge in [0.15, 0.2) is 0 Å². The number of aryl methyl sites for hydroxylation is 1. The molecule has 1 aromatic heterocycles. The van der Waals surface area contributed by atoms with Crippen molar-refractivity contribution in [3.63, 3.8) is 0 Å². The fourth-order valence-corrected chi connectivity index (χ4v) is 3.08. The fourth-order valence-electron chi connectivity index (χ4n) is 3.08. The molecular weight excluding hydrogens is 240 g/mol. The van der Waals surface area contributed by atoms with E-state index in [1.807, 2.05) is 17.9 Å². The van der Waals surface area contributed by atoms with E-state index in [0.717, 1.165) is 32.4 Å². The van der Waals surface area contributed by atoms with Gasteiger partial charge in [-0.3, -0.25) is 9.58 Å². The molecule has 0 amide bonds. The van der Waals surface area contributed by atoms with Gasteiger partial charge in [0.2, 0.25) is 0 Å². The Kier molecular flexibility index (Phi) is 4.96. The van der Waals surface area contributed by atoms with Gasteiger partial charge in [0.25, 0.3) is 0 Å². The van der Waals surface area contributed by atoms with Crippen LogP contribution in [0.3, 0.4) is 0 Å². The lowest BCUT2D eigenvalue weighted by molar-refractivity contribution is 0.193. The summed E-state index contributed by atoms with van der Waals surface area (Å²) in [6.07, 6.45) is 7.02. The largest absolute Gasteiger partial charge is 0.396 e. The molecule has 3 N–H and O–H groups in total. The van der Waals surface area contributed by atoms with E-state index in [4.69, 9.17) is 10.8 Å². The van der Waals surface area contributed by atoms with Crippen LogP contribution in [-0.2, 0) is 7.05 Å². The van der Waals surface area contributed by atoms with Crippen LogP contribution in [0.1, 0.15) is 37.8 Å². The predicted octanol–water partition coefficient (Wildman–Crippen LogP) is 0.903. The van der Waals surface area contributed by atoms with Gasteiger partial charge in [0.1, 0.15) is 0 Å². The Bertz CT molecular complexity index is 393. The smallest absolute Gasteiger partial charge is 0.0538 e. The van der Waals surface area contributed by atoms with Crippen molar-refractivity contribution in [2.24, 2.45) is 18.7 Å². The van der Waals surface area contributed by atoms with Crippen LogP contribution < -0.4 is 5.73 Å². The summed E-state index contributed by atoms with van der Waals surface area (Å²) in [4.78, 5) is 2.46. The van der Waals surface area contributed by atoms with E-state index in [1.54, 1.807) is 0 Å². The maximum Gasteiger partial charge on any atom is 0.0538 e. The predicted molar refractivity (Wildman–Crippen MR) is 75.6 cm³/mol. The SMILES string of the molecule is CCC(N)C(c1cnn(C)c1)N1CCC(CCO)C1. The molecule has 0 spiro atoms. The highest BCUT2D eigenvalue weighted by Gasteiger charge is 2.32. The zero-order valence-electron chi connectivity index (χ0n) is 12.0. The van der Waals surface area contributed by atoms with Crippen LogP contribution in [-0.4, -0.2) is 45.5 Å². The summed E-state index contributed by atoms with van der Waals surface area (Å²) in [5.41, 5.74) is 7.54. The van der Waals surface area contributed by atoms with E-state index in [-0.39, 0.29) is 18.7 Å². The van der Waals surface area contributed by atoms with E-state index in [0.29, 0.717) is 5.92 Å². The van der Waals surface area contributed by atoms with Crippen LogP contribution in [0, 0.1) is 5.92 Å². The molecule has 108 valence electrons. The maximum absolute atomic E-state index is 9.07. The minimum atomic E-state index is 0.136. The third kappa shape index (κ3) is 3.35. The van der Waals surface area contributed by atoms with Gasteiger partial charge in [0.05, 0.1) is 12.2 Å². The van der Waals surface area contributed by atoms with Gasteiger partial charge in [-0.2, -0.15) is 5.10 Å². The zero-order valence-corrected chi connectivity index (χ0v) is 12.0. The summed E-state index contributed by atoms with van der Waals surface area (Å²) in [6, 6.07) is 0.388. The second-order valence-electron chi connectivity index (χ2n) is 5.63. The highest BCUT2D eigenvalue weighted by Crippen LogP contribution is 2.31. The molecule has 0 radical (unpaired) electrons. The molecule has 1 saturated heterocycles. The Morgan fingerprint density at radius 2 is 2.37 bits per heavy atom. The van der Waals surface area contributed by atoms with Crippen LogP contribution in [0.25, 0.3) is 0 Å². The third-order valence-corrected chi connectivity index (χ3v) is 4.19. The number of hydrogen-bond acceptors (Lipinski definition) is 4. The van der Waals surface area contributed by atoms with Crippen molar-refractivity contribution in [3.05, 3.63) is 18.0 Å². The first-order valence-corrected chi connectivity index (χ1v) is 7.24. The molecule has 2 heterocycles. The van der Waals surface area contributed by atoms with E-state index < -0.39 is 0 Å². The molecule has 1 aliphatic rings. The second-order valence-corrected chi connectivity index (χ2v) is 5.63. The van der Waals surface area contributed by atoms with Gasteiger partial charge in [-0.15, -0.1) is 0 Å². The van der Waals surface area contributed by atoms with Crippen molar-refractivity contribution in [1.29, 1.82) is 0 Å². The third-order valence-electron chi connectivity index (χ3n) is 4.19. The topological polar surface area (TPSA) is 67.3 Å². The molecule has 5 nitrogen and oxygen atoms in total. The molecule has 0 bridgehead atoms. The zero-order chi connectivity index (χ0) is 13.8. The summed E-state index contributed by atoms with van der Waals surface area (Å²) >= 11 is 0. The standard InChI is InChI=1S/C14H26N4O/c1-3-13(15)14(12-8-16-17(2)10-12)18-6-4-11(9-18)5-7-19/h8,10-11,13-14,19H,3-7,9,15H2,1-2H3. The van der Waals surface area contributed by atoms with Gasteiger partial charge in [0, 0.05) is 38.0 Å². The van der Waals surface area contributed by atoms with Crippen LogP contribution in [0.5, 0.6) is 0 Å². The molecule has 1 aliphatic heterocycles. The fraction of sp³-hybridized carbons (Fsp3) is 0.786. The van der Waals surface area contributed by atoms with Gasteiger partial charge in [-0.25, -0.2) is 0 Å². The van der Waals surface area contributed by atoms with E-state index in [1.165, 1.54) is 5.56 Å². The first-order valence-electron chi connectivity index (χ1n) is 7.24. The van der Waals surface area contributed by atoms with E-state index >= 15 is 0 Å². The van der Waals surface area contributed by atoms with Gasteiger partial charge in [-0.1, -0.05) is 6.92 Å². The second kappa shape index (κ2) is 6.50. The van der Waals surface area contributed by atoms with Crippen LogP contribution in [0.2, 0.25) is 0 Å². The number of hydrogen-bond donors (Lipinski definition) is 2. The number of aromatic nitrogens is 2. The Labute approximate surface area is 115 Å². The summed E-state index contributed by atoms with van der Waals surface area (Å²) in [6.45, 7) is 4.52. The highest BCUT2D eigenvalue weighted by molar-refractivity contribution is 5.14. The Balaban J connectivity index is 2.11. The lowest BCUT2D eigenvalue weighted by Crippen LogP contribution is -2.39. The van der Waals surface area contributed by atoms with Crippen molar-refractivity contribution >= 4 is 0 Å². The number of aliphatic hydroxyl groups is 1. The number of nitrogens with zero attached hydrogens (tertiary/aromatic N) is 3. The lowest BCUT2D eigenvalue weighted by atomic mass is 9.99. The maximum atomic E-state index is 9.07. The number of aliphatic hydroxyl groups excluding tert-OH is 1. The number of nitrogens with two attached hydrogens (primary N) is 1. The molecular formula is C14H26N4O. The average Bonchev–Trinajstić information content (AvgIpc) is 3.00. The van der Waals surface area contributed by atoms with Crippen LogP contribution in [0.4, 0.5) is 0 Å². The Morgan fingerprint density at radius 3 is 2.95 bits per heavy atom. The molecule has 0 saturated carbocycles. The van der Waals surface area contributed by atoms with Crippen molar-refractivity contribution in [2.75, 3.05) is 19.7 Å². The molecule has 0 aliphatic carbocycles. The quantitative estimate of drug-likeness (QED) is 0.803. The van der Waals surface area contributed by atoms with Gasteiger partial charge in [-0.05, 0) is 31.7 Å². The summed E-state index contributed by atoms with van der Waals surface area (Å²) in [5, 5.41) is 13.3. The molecule has 0 aromatic carbocycles. The van der Waals surface area contributed by atoms with Crippen LogP contribution in [0.15, 0.2) is 12.4 Å². The number of rotatable bonds is 6.